The molecule has 2 saturated heterocycles. The Kier molecular flexibility index (Phi) is 3.87. The summed E-state index contributed by atoms with van der Waals surface area (Å²) in [6.07, 6.45) is 1.24. The Balaban J connectivity index is 1.72. The molecule has 5 nitrogen and oxygen atoms in total. The Morgan fingerprint density at radius 1 is 1.32 bits per heavy atom. The highest BCUT2D eigenvalue weighted by atomic mass is 19.1. The van der Waals surface area contributed by atoms with Gasteiger partial charge in [0.2, 0.25) is 11.8 Å². The molecule has 0 N–H and O–H groups in total. The van der Waals surface area contributed by atoms with Crippen LogP contribution in [-0.4, -0.2) is 50.1 Å². The van der Waals surface area contributed by atoms with Crippen LogP contribution in [-0.2, 0) is 14.3 Å². The number of rotatable bonds is 3. The number of halogens is 1. The first-order valence-electron chi connectivity index (χ1n) is 7.36. The molecule has 0 saturated carbocycles. The fourth-order valence-electron chi connectivity index (χ4n) is 3.39. The largest absolute Gasteiger partial charge is 0.375 e. The third-order valence-electron chi connectivity index (χ3n) is 4.52. The van der Waals surface area contributed by atoms with Crippen molar-refractivity contribution >= 4 is 17.5 Å². The monoisotopic (exact) mass is 306 g/mol. The molecule has 2 aliphatic rings. The number of methoxy groups -OCH3 is 1. The van der Waals surface area contributed by atoms with E-state index in [0.29, 0.717) is 31.7 Å². The lowest BCUT2D eigenvalue weighted by Crippen LogP contribution is -2.35. The van der Waals surface area contributed by atoms with Gasteiger partial charge in [0.25, 0.3) is 0 Å². The van der Waals surface area contributed by atoms with Crippen LogP contribution in [0.3, 0.4) is 0 Å². The Bertz CT molecular complexity index is 590. The topological polar surface area (TPSA) is 49.9 Å². The lowest BCUT2D eigenvalue weighted by atomic mass is 9.86. The highest BCUT2D eigenvalue weighted by molar-refractivity contribution is 5.96. The molecule has 2 heterocycles. The summed E-state index contributed by atoms with van der Waals surface area (Å²) >= 11 is 0. The highest BCUT2D eigenvalue weighted by Crippen LogP contribution is 2.41. The van der Waals surface area contributed by atoms with Crippen LogP contribution in [0.15, 0.2) is 24.3 Å². The molecule has 0 aromatic heterocycles. The number of carbonyl (C=O) groups is 2. The SMILES string of the molecule is COCC(=O)N1CC[C@@]2(CC(=O)N(c3ccc(F)cc3)C2)C1. The Morgan fingerprint density at radius 3 is 2.73 bits per heavy atom. The zero-order chi connectivity index (χ0) is 15.7. The van der Waals surface area contributed by atoms with Crippen molar-refractivity contribution in [2.24, 2.45) is 5.41 Å². The standard InChI is InChI=1S/C16H19FN2O3/c1-22-9-15(21)18-7-6-16(10-18)8-14(20)19(11-16)13-4-2-12(17)3-5-13/h2-5H,6-11H2,1H3/t16-/m1/s1. The van der Waals surface area contributed by atoms with E-state index in [1.54, 1.807) is 21.9 Å². The van der Waals surface area contributed by atoms with Gasteiger partial charge in [0.05, 0.1) is 0 Å². The van der Waals surface area contributed by atoms with Gasteiger partial charge in [-0.1, -0.05) is 0 Å². The molecule has 1 aromatic carbocycles. The zero-order valence-corrected chi connectivity index (χ0v) is 12.5. The van der Waals surface area contributed by atoms with Crippen LogP contribution < -0.4 is 4.90 Å². The van der Waals surface area contributed by atoms with E-state index in [1.165, 1.54) is 19.2 Å². The molecule has 1 aromatic rings. The van der Waals surface area contributed by atoms with Crippen LogP contribution in [0.25, 0.3) is 0 Å². The van der Waals surface area contributed by atoms with Crippen LogP contribution in [0.4, 0.5) is 10.1 Å². The van der Waals surface area contributed by atoms with Crippen molar-refractivity contribution in [1.82, 2.24) is 4.90 Å². The molecule has 2 amide bonds. The molecular formula is C16H19FN2O3. The van der Waals surface area contributed by atoms with E-state index in [4.69, 9.17) is 4.74 Å². The average Bonchev–Trinajstić information content (AvgIpc) is 3.04. The van der Waals surface area contributed by atoms with E-state index in [0.717, 1.165) is 6.42 Å². The fourth-order valence-corrected chi connectivity index (χ4v) is 3.39. The third-order valence-corrected chi connectivity index (χ3v) is 4.52. The maximum Gasteiger partial charge on any atom is 0.248 e. The first kappa shape index (κ1) is 15.0. The maximum atomic E-state index is 13.0. The second-order valence-electron chi connectivity index (χ2n) is 6.13. The molecule has 0 bridgehead atoms. The molecule has 2 fully saturated rings. The zero-order valence-electron chi connectivity index (χ0n) is 12.5. The molecule has 2 aliphatic heterocycles. The van der Waals surface area contributed by atoms with Crippen molar-refractivity contribution in [3.8, 4) is 0 Å². The van der Waals surface area contributed by atoms with Gasteiger partial charge >= 0.3 is 0 Å². The van der Waals surface area contributed by atoms with E-state index in [2.05, 4.69) is 0 Å². The molecule has 1 atom stereocenters. The predicted molar refractivity (Wildman–Crippen MR) is 78.9 cm³/mol. The number of anilines is 1. The van der Waals surface area contributed by atoms with Gasteiger partial charge in [0.1, 0.15) is 12.4 Å². The quantitative estimate of drug-likeness (QED) is 0.849. The molecule has 0 aliphatic carbocycles. The molecule has 118 valence electrons. The van der Waals surface area contributed by atoms with Gasteiger partial charge in [-0.3, -0.25) is 9.59 Å². The van der Waals surface area contributed by atoms with Crippen LogP contribution >= 0.6 is 0 Å². The summed E-state index contributed by atoms with van der Waals surface area (Å²) in [4.78, 5) is 27.7. The van der Waals surface area contributed by atoms with Gasteiger partial charge in [0, 0.05) is 44.3 Å². The van der Waals surface area contributed by atoms with Crippen molar-refractivity contribution in [3.63, 3.8) is 0 Å². The first-order chi connectivity index (χ1) is 10.5. The Morgan fingerprint density at radius 2 is 2.05 bits per heavy atom. The van der Waals surface area contributed by atoms with Crippen LogP contribution in [0.5, 0.6) is 0 Å². The number of likely N-dealkylation sites (tertiary alicyclic amines) is 1. The summed E-state index contributed by atoms with van der Waals surface area (Å²) in [7, 11) is 1.50. The minimum atomic E-state index is -0.317. The lowest BCUT2D eigenvalue weighted by Gasteiger charge is -2.24. The van der Waals surface area contributed by atoms with Crippen LogP contribution in [0.1, 0.15) is 12.8 Å². The molecule has 3 rings (SSSR count). The lowest BCUT2D eigenvalue weighted by molar-refractivity contribution is -0.134. The second-order valence-corrected chi connectivity index (χ2v) is 6.13. The molecule has 0 unspecified atom stereocenters. The summed E-state index contributed by atoms with van der Waals surface area (Å²) in [5.74, 6) is -0.318. The van der Waals surface area contributed by atoms with E-state index in [1.807, 2.05) is 0 Å². The highest BCUT2D eigenvalue weighted by Gasteiger charge is 2.48. The van der Waals surface area contributed by atoms with Gasteiger partial charge < -0.3 is 14.5 Å². The second kappa shape index (κ2) is 5.68. The number of hydrogen-bond donors (Lipinski definition) is 0. The Labute approximate surface area is 128 Å². The number of ether oxygens (including phenoxy) is 1. The summed E-state index contributed by atoms with van der Waals surface area (Å²) in [5, 5.41) is 0. The minimum Gasteiger partial charge on any atom is -0.375 e. The van der Waals surface area contributed by atoms with E-state index >= 15 is 0 Å². The van der Waals surface area contributed by atoms with E-state index < -0.39 is 0 Å². The summed E-state index contributed by atoms with van der Waals surface area (Å²) in [6.45, 7) is 1.89. The number of amides is 2. The summed E-state index contributed by atoms with van der Waals surface area (Å²) in [5.41, 5.74) is 0.527. The molecule has 0 radical (unpaired) electrons. The van der Waals surface area contributed by atoms with Crippen molar-refractivity contribution < 1.29 is 18.7 Å². The normalized spacial score (nSPS) is 24.5. The van der Waals surface area contributed by atoms with Crippen LogP contribution in [0.2, 0.25) is 0 Å². The number of benzene rings is 1. The predicted octanol–water partition coefficient (Wildman–Crippen LogP) is 1.43. The van der Waals surface area contributed by atoms with E-state index in [9.17, 15) is 14.0 Å². The maximum absolute atomic E-state index is 13.0. The summed E-state index contributed by atoms with van der Waals surface area (Å²) in [6, 6.07) is 5.96. The average molecular weight is 306 g/mol. The Hall–Kier alpha value is -1.95. The number of carbonyl (C=O) groups excluding carboxylic acids is 2. The molecule has 6 heteroatoms. The molecule has 22 heavy (non-hydrogen) atoms. The smallest absolute Gasteiger partial charge is 0.248 e. The van der Waals surface area contributed by atoms with Gasteiger partial charge in [-0.05, 0) is 30.7 Å². The number of nitrogens with zero attached hydrogens (tertiary/aromatic N) is 2. The molecule has 1 spiro atoms. The van der Waals surface area contributed by atoms with Crippen molar-refractivity contribution in [3.05, 3.63) is 30.1 Å². The minimum absolute atomic E-state index is 0.0349. The number of hydrogen-bond acceptors (Lipinski definition) is 3. The van der Waals surface area contributed by atoms with Crippen molar-refractivity contribution in [1.29, 1.82) is 0 Å². The summed E-state index contributed by atoms with van der Waals surface area (Å²) < 4.78 is 17.9. The first-order valence-corrected chi connectivity index (χ1v) is 7.36. The van der Waals surface area contributed by atoms with E-state index in [-0.39, 0.29) is 29.7 Å². The van der Waals surface area contributed by atoms with Gasteiger partial charge in [-0.25, -0.2) is 4.39 Å². The van der Waals surface area contributed by atoms with Crippen molar-refractivity contribution in [2.45, 2.75) is 12.8 Å². The fraction of sp³-hybridized carbons (Fsp3) is 0.500. The van der Waals surface area contributed by atoms with Gasteiger partial charge in [-0.2, -0.15) is 0 Å². The van der Waals surface area contributed by atoms with Gasteiger partial charge in [0.15, 0.2) is 0 Å². The third kappa shape index (κ3) is 2.70. The van der Waals surface area contributed by atoms with Crippen LogP contribution in [0, 0.1) is 11.2 Å². The van der Waals surface area contributed by atoms with Gasteiger partial charge in [-0.15, -0.1) is 0 Å². The van der Waals surface area contributed by atoms with Crippen molar-refractivity contribution in [2.75, 3.05) is 38.3 Å². The molecular weight excluding hydrogens is 287 g/mol.